The molecule has 7 heteroatoms. The van der Waals surface area contributed by atoms with E-state index in [4.69, 9.17) is 23.2 Å². The second-order valence-electron chi connectivity index (χ2n) is 4.85. The highest BCUT2D eigenvalue weighted by atomic mass is 35.5. The molecule has 0 saturated carbocycles. The van der Waals surface area contributed by atoms with Gasteiger partial charge in [0, 0.05) is 6.54 Å². The third-order valence-corrected chi connectivity index (χ3v) is 5.78. The van der Waals surface area contributed by atoms with Crippen LogP contribution in [-0.2, 0) is 10.0 Å². The first-order valence-electron chi connectivity index (χ1n) is 6.67. The Morgan fingerprint density at radius 1 is 1.20 bits per heavy atom. The zero-order valence-corrected chi connectivity index (χ0v) is 13.4. The van der Waals surface area contributed by atoms with E-state index in [0.717, 1.165) is 26.1 Å². The summed E-state index contributed by atoms with van der Waals surface area (Å²) in [6.45, 7) is 3.56. The second-order valence-corrected chi connectivity index (χ2v) is 7.37. The maximum atomic E-state index is 12.1. The number of hydrogen-bond acceptors (Lipinski definition) is 3. The Hall–Kier alpha value is -0.330. The molecule has 1 aliphatic heterocycles. The minimum Gasteiger partial charge on any atom is -0.303 e. The SMILES string of the molecule is O=S(=O)(NCCCN1CCCC1)c1cccc(Cl)c1Cl. The van der Waals surface area contributed by atoms with Crippen molar-refractivity contribution in [1.29, 1.82) is 0 Å². The number of likely N-dealkylation sites (tertiary alicyclic amines) is 1. The number of halogens is 2. The average molecular weight is 337 g/mol. The summed E-state index contributed by atoms with van der Waals surface area (Å²) < 4.78 is 26.8. The molecule has 1 N–H and O–H groups in total. The van der Waals surface area contributed by atoms with Crippen LogP contribution >= 0.6 is 23.2 Å². The maximum absolute atomic E-state index is 12.1. The summed E-state index contributed by atoms with van der Waals surface area (Å²) in [4.78, 5) is 2.38. The number of hydrogen-bond donors (Lipinski definition) is 1. The monoisotopic (exact) mass is 336 g/mol. The Kier molecular flexibility index (Phi) is 5.69. The van der Waals surface area contributed by atoms with Crippen molar-refractivity contribution < 1.29 is 8.42 Å². The molecule has 0 unspecified atom stereocenters. The lowest BCUT2D eigenvalue weighted by Gasteiger charge is -2.14. The summed E-state index contributed by atoms with van der Waals surface area (Å²) in [5.74, 6) is 0. The van der Waals surface area contributed by atoms with E-state index in [1.54, 1.807) is 12.1 Å². The van der Waals surface area contributed by atoms with Crippen molar-refractivity contribution in [3.63, 3.8) is 0 Å². The molecule has 0 aliphatic carbocycles. The van der Waals surface area contributed by atoms with Gasteiger partial charge in [0.1, 0.15) is 4.90 Å². The molecule has 4 nitrogen and oxygen atoms in total. The largest absolute Gasteiger partial charge is 0.303 e. The lowest BCUT2D eigenvalue weighted by Crippen LogP contribution is -2.29. The third kappa shape index (κ3) is 4.09. The molecule has 1 aromatic rings. The van der Waals surface area contributed by atoms with E-state index < -0.39 is 10.0 Å². The van der Waals surface area contributed by atoms with Crippen LogP contribution in [0, 0.1) is 0 Å². The minimum atomic E-state index is -3.59. The number of nitrogens with one attached hydrogen (secondary N) is 1. The van der Waals surface area contributed by atoms with Gasteiger partial charge in [-0.25, -0.2) is 13.1 Å². The van der Waals surface area contributed by atoms with Gasteiger partial charge in [0.15, 0.2) is 0 Å². The van der Waals surface area contributed by atoms with Crippen LogP contribution in [0.5, 0.6) is 0 Å². The summed E-state index contributed by atoms with van der Waals surface area (Å²) in [5, 5.41) is 0.313. The van der Waals surface area contributed by atoms with Crippen LogP contribution < -0.4 is 4.72 Å². The van der Waals surface area contributed by atoms with Gasteiger partial charge in [0.25, 0.3) is 0 Å². The summed E-state index contributed by atoms with van der Waals surface area (Å²) in [7, 11) is -3.59. The Balaban J connectivity index is 1.88. The van der Waals surface area contributed by atoms with Crippen LogP contribution in [0.15, 0.2) is 23.1 Å². The molecule has 0 radical (unpaired) electrons. The molecule has 20 heavy (non-hydrogen) atoms. The van der Waals surface area contributed by atoms with Crippen molar-refractivity contribution in [2.24, 2.45) is 0 Å². The van der Waals surface area contributed by atoms with Crippen LogP contribution in [0.1, 0.15) is 19.3 Å². The Morgan fingerprint density at radius 3 is 2.60 bits per heavy atom. The van der Waals surface area contributed by atoms with Gasteiger partial charge >= 0.3 is 0 Å². The highest BCUT2D eigenvalue weighted by molar-refractivity contribution is 7.89. The molecule has 0 atom stereocenters. The van der Waals surface area contributed by atoms with E-state index in [2.05, 4.69) is 9.62 Å². The van der Waals surface area contributed by atoms with Gasteiger partial charge in [-0.3, -0.25) is 0 Å². The highest BCUT2D eigenvalue weighted by Gasteiger charge is 2.19. The number of benzene rings is 1. The average Bonchev–Trinajstić information content (AvgIpc) is 2.91. The molecule has 1 heterocycles. The van der Waals surface area contributed by atoms with E-state index in [0.29, 0.717) is 6.54 Å². The van der Waals surface area contributed by atoms with E-state index in [1.807, 2.05) is 0 Å². The second kappa shape index (κ2) is 7.09. The lowest BCUT2D eigenvalue weighted by atomic mass is 10.4. The predicted molar refractivity (Wildman–Crippen MR) is 81.9 cm³/mol. The quantitative estimate of drug-likeness (QED) is 0.812. The normalized spacial score (nSPS) is 16.7. The molecule has 1 fully saturated rings. The zero-order chi connectivity index (χ0) is 14.6. The number of sulfonamides is 1. The van der Waals surface area contributed by atoms with E-state index in [1.165, 1.54) is 18.9 Å². The zero-order valence-electron chi connectivity index (χ0n) is 11.1. The van der Waals surface area contributed by atoms with Crippen molar-refractivity contribution in [3.8, 4) is 0 Å². The lowest BCUT2D eigenvalue weighted by molar-refractivity contribution is 0.334. The first-order valence-corrected chi connectivity index (χ1v) is 8.90. The molecule has 0 spiro atoms. The predicted octanol–water partition coefficient (Wildman–Crippen LogP) is 2.76. The first kappa shape index (κ1) is 16.0. The smallest absolute Gasteiger partial charge is 0.242 e. The van der Waals surface area contributed by atoms with Crippen molar-refractivity contribution in [2.75, 3.05) is 26.2 Å². The fourth-order valence-corrected chi connectivity index (χ4v) is 4.12. The van der Waals surface area contributed by atoms with Crippen LogP contribution in [0.25, 0.3) is 0 Å². The van der Waals surface area contributed by atoms with Crippen LogP contribution in [0.4, 0.5) is 0 Å². The topological polar surface area (TPSA) is 49.4 Å². The summed E-state index contributed by atoms with van der Waals surface area (Å²) in [6, 6.07) is 4.60. The molecule has 0 aromatic heterocycles. The standard InChI is InChI=1S/C13H18Cl2N2O2S/c14-11-5-3-6-12(13(11)15)20(18,19)16-7-4-10-17-8-1-2-9-17/h3,5-6,16H,1-2,4,7-10H2. The summed E-state index contributed by atoms with van der Waals surface area (Å²) in [6.07, 6.45) is 3.27. The van der Waals surface area contributed by atoms with Gasteiger partial charge in [-0.15, -0.1) is 0 Å². The number of rotatable bonds is 6. The molecule has 1 aliphatic rings. The van der Waals surface area contributed by atoms with Gasteiger partial charge in [-0.05, 0) is 51.0 Å². The van der Waals surface area contributed by atoms with Gasteiger partial charge in [-0.1, -0.05) is 29.3 Å². The van der Waals surface area contributed by atoms with Crippen molar-refractivity contribution in [3.05, 3.63) is 28.2 Å². The van der Waals surface area contributed by atoms with Crippen LogP contribution in [-0.4, -0.2) is 39.5 Å². The van der Waals surface area contributed by atoms with Gasteiger partial charge in [0.05, 0.1) is 10.0 Å². The highest BCUT2D eigenvalue weighted by Crippen LogP contribution is 2.28. The van der Waals surface area contributed by atoms with Gasteiger partial charge < -0.3 is 4.90 Å². The number of nitrogens with zero attached hydrogens (tertiary/aromatic N) is 1. The van der Waals surface area contributed by atoms with Gasteiger partial charge in [0.2, 0.25) is 10.0 Å². The Bertz CT molecular complexity index is 557. The molecule has 112 valence electrons. The van der Waals surface area contributed by atoms with Gasteiger partial charge in [-0.2, -0.15) is 0 Å². The molecule has 1 aromatic carbocycles. The van der Waals surface area contributed by atoms with Crippen LogP contribution in [0.3, 0.4) is 0 Å². The van der Waals surface area contributed by atoms with Crippen molar-refractivity contribution in [1.82, 2.24) is 9.62 Å². The first-order chi connectivity index (χ1) is 9.50. The molecular formula is C13H18Cl2N2O2S. The fraction of sp³-hybridized carbons (Fsp3) is 0.538. The summed E-state index contributed by atoms with van der Waals surface area (Å²) in [5.41, 5.74) is 0. The minimum absolute atomic E-state index is 0.0350. The third-order valence-electron chi connectivity index (χ3n) is 3.35. The van der Waals surface area contributed by atoms with E-state index in [-0.39, 0.29) is 14.9 Å². The van der Waals surface area contributed by atoms with Crippen LogP contribution in [0.2, 0.25) is 10.0 Å². The fourth-order valence-electron chi connectivity index (χ4n) is 2.28. The Labute approximate surface area is 130 Å². The van der Waals surface area contributed by atoms with Crippen molar-refractivity contribution in [2.45, 2.75) is 24.2 Å². The molecule has 0 bridgehead atoms. The van der Waals surface area contributed by atoms with E-state index in [9.17, 15) is 8.42 Å². The van der Waals surface area contributed by atoms with E-state index >= 15 is 0 Å². The maximum Gasteiger partial charge on any atom is 0.242 e. The van der Waals surface area contributed by atoms with Crippen molar-refractivity contribution >= 4 is 33.2 Å². The Morgan fingerprint density at radius 2 is 1.90 bits per heavy atom. The molecule has 1 saturated heterocycles. The molecule has 2 rings (SSSR count). The summed E-state index contributed by atoms with van der Waals surface area (Å²) >= 11 is 11.8. The molecule has 0 amide bonds. The molecular weight excluding hydrogens is 319 g/mol.